The van der Waals surface area contributed by atoms with Gasteiger partial charge in [-0.05, 0) is 67.8 Å². The van der Waals surface area contributed by atoms with Gasteiger partial charge < -0.3 is 10.2 Å². The van der Waals surface area contributed by atoms with E-state index >= 15 is 0 Å². The number of benzene rings is 1. The largest absolute Gasteiger partial charge is 0.371 e. The van der Waals surface area contributed by atoms with Gasteiger partial charge in [-0.3, -0.25) is 0 Å². The van der Waals surface area contributed by atoms with Gasteiger partial charge in [0.25, 0.3) is 0 Å². The molecule has 21 heavy (non-hydrogen) atoms. The van der Waals surface area contributed by atoms with Crippen molar-refractivity contribution in [2.75, 3.05) is 24.5 Å². The summed E-state index contributed by atoms with van der Waals surface area (Å²) in [7, 11) is 0. The van der Waals surface area contributed by atoms with E-state index in [0.29, 0.717) is 5.41 Å². The first kappa shape index (κ1) is 16.4. The summed E-state index contributed by atoms with van der Waals surface area (Å²) in [5.41, 5.74) is 4.82. The molecule has 0 saturated carbocycles. The predicted octanol–water partition coefficient (Wildman–Crippen LogP) is 4.51. The third-order valence-corrected chi connectivity index (χ3v) is 5.37. The van der Waals surface area contributed by atoms with Crippen LogP contribution in [-0.2, 0) is 6.54 Å². The lowest BCUT2D eigenvalue weighted by Gasteiger charge is -2.27. The summed E-state index contributed by atoms with van der Waals surface area (Å²) in [4.78, 5) is 2.59. The van der Waals surface area contributed by atoms with E-state index in [9.17, 15) is 0 Å². The van der Waals surface area contributed by atoms with Crippen molar-refractivity contribution in [2.45, 2.75) is 59.9 Å². The minimum absolute atomic E-state index is 0.551. The minimum atomic E-state index is 0.551. The van der Waals surface area contributed by atoms with E-state index in [2.05, 4.69) is 56.1 Å². The van der Waals surface area contributed by atoms with E-state index < -0.39 is 0 Å². The monoisotopic (exact) mass is 288 g/mol. The van der Waals surface area contributed by atoms with E-state index in [1.165, 1.54) is 55.6 Å². The molecule has 1 aromatic carbocycles. The normalized spacial score (nSPS) is 17.4. The van der Waals surface area contributed by atoms with Gasteiger partial charge in [-0.1, -0.05) is 26.8 Å². The van der Waals surface area contributed by atoms with Crippen LogP contribution in [0, 0.1) is 12.3 Å². The van der Waals surface area contributed by atoms with Crippen LogP contribution in [0.1, 0.15) is 57.6 Å². The van der Waals surface area contributed by atoms with Gasteiger partial charge in [-0.15, -0.1) is 0 Å². The van der Waals surface area contributed by atoms with Crippen molar-refractivity contribution in [1.82, 2.24) is 5.32 Å². The fraction of sp³-hybridized carbons (Fsp3) is 0.684. The molecular weight excluding hydrogens is 256 g/mol. The molecule has 1 heterocycles. The summed E-state index contributed by atoms with van der Waals surface area (Å²) < 4.78 is 0. The van der Waals surface area contributed by atoms with Gasteiger partial charge in [-0.2, -0.15) is 0 Å². The van der Waals surface area contributed by atoms with Crippen molar-refractivity contribution in [3.63, 3.8) is 0 Å². The van der Waals surface area contributed by atoms with Gasteiger partial charge in [0.2, 0.25) is 0 Å². The Hall–Kier alpha value is -1.02. The highest BCUT2D eigenvalue weighted by Gasteiger charge is 2.34. The topological polar surface area (TPSA) is 15.3 Å². The average molecular weight is 288 g/mol. The minimum Gasteiger partial charge on any atom is -0.371 e. The van der Waals surface area contributed by atoms with E-state index in [0.717, 1.165) is 13.1 Å². The van der Waals surface area contributed by atoms with Crippen LogP contribution in [-0.4, -0.2) is 19.6 Å². The Morgan fingerprint density at radius 1 is 1.19 bits per heavy atom. The second kappa shape index (κ2) is 7.31. The Morgan fingerprint density at radius 3 is 2.52 bits per heavy atom. The number of hydrogen-bond donors (Lipinski definition) is 1. The molecule has 1 aliphatic heterocycles. The number of aryl methyl sites for hydroxylation is 1. The highest BCUT2D eigenvalue weighted by molar-refractivity contribution is 5.52. The predicted molar refractivity (Wildman–Crippen MR) is 93.0 cm³/mol. The molecule has 0 aliphatic carbocycles. The quantitative estimate of drug-likeness (QED) is 0.743. The fourth-order valence-corrected chi connectivity index (χ4v) is 3.46. The average Bonchev–Trinajstić information content (AvgIpc) is 2.94. The summed E-state index contributed by atoms with van der Waals surface area (Å²) >= 11 is 0. The van der Waals surface area contributed by atoms with E-state index in [1.54, 1.807) is 0 Å². The molecule has 118 valence electrons. The maximum absolute atomic E-state index is 3.50. The Kier molecular flexibility index (Phi) is 5.69. The first-order valence-electron chi connectivity index (χ1n) is 8.69. The molecule has 1 aliphatic rings. The van der Waals surface area contributed by atoms with Crippen molar-refractivity contribution in [1.29, 1.82) is 0 Å². The van der Waals surface area contributed by atoms with E-state index in [4.69, 9.17) is 0 Å². The summed E-state index contributed by atoms with van der Waals surface area (Å²) in [5, 5.41) is 3.50. The van der Waals surface area contributed by atoms with Crippen molar-refractivity contribution in [3.05, 3.63) is 29.3 Å². The molecule has 2 heteroatoms. The fourth-order valence-electron chi connectivity index (χ4n) is 3.46. The molecule has 1 aromatic rings. The van der Waals surface area contributed by atoms with Crippen molar-refractivity contribution in [3.8, 4) is 0 Å². The molecule has 2 nitrogen and oxygen atoms in total. The van der Waals surface area contributed by atoms with Gasteiger partial charge >= 0.3 is 0 Å². The van der Waals surface area contributed by atoms with Crippen LogP contribution in [0.25, 0.3) is 0 Å². The van der Waals surface area contributed by atoms with Gasteiger partial charge in [-0.25, -0.2) is 0 Å². The smallest absolute Gasteiger partial charge is 0.0369 e. The summed E-state index contributed by atoms with van der Waals surface area (Å²) in [6, 6.07) is 7.01. The van der Waals surface area contributed by atoms with Crippen LogP contribution in [0.15, 0.2) is 18.2 Å². The van der Waals surface area contributed by atoms with Gasteiger partial charge in [0.15, 0.2) is 0 Å². The van der Waals surface area contributed by atoms with Crippen molar-refractivity contribution in [2.24, 2.45) is 5.41 Å². The molecule has 0 radical (unpaired) electrons. The second-order valence-corrected chi connectivity index (χ2v) is 6.67. The third-order valence-electron chi connectivity index (χ3n) is 5.37. The summed E-state index contributed by atoms with van der Waals surface area (Å²) in [5.74, 6) is 0. The third kappa shape index (κ3) is 3.79. The standard InChI is InChI=1S/C19H32N2/c1-5-11-20-14-17-8-9-18(13-16(17)4)21-12-10-19(6-2,7-3)15-21/h8-9,13,20H,5-7,10-12,14-15H2,1-4H3. The van der Waals surface area contributed by atoms with Crippen LogP contribution < -0.4 is 10.2 Å². The highest BCUT2D eigenvalue weighted by Crippen LogP contribution is 2.39. The van der Waals surface area contributed by atoms with Crippen LogP contribution >= 0.6 is 0 Å². The van der Waals surface area contributed by atoms with Crippen LogP contribution in [0.4, 0.5) is 5.69 Å². The van der Waals surface area contributed by atoms with Gasteiger partial charge in [0.05, 0.1) is 0 Å². The molecule has 1 saturated heterocycles. The maximum Gasteiger partial charge on any atom is 0.0369 e. The highest BCUT2D eigenvalue weighted by atomic mass is 15.2. The number of nitrogens with zero attached hydrogens (tertiary/aromatic N) is 1. The molecular formula is C19H32N2. The number of nitrogens with one attached hydrogen (secondary N) is 1. The molecule has 1 N–H and O–H groups in total. The first-order chi connectivity index (χ1) is 10.1. The number of hydrogen-bond acceptors (Lipinski definition) is 2. The molecule has 0 amide bonds. The summed E-state index contributed by atoms with van der Waals surface area (Å²) in [6.45, 7) is 13.7. The zero-order chi connectivity index (χ0) is 15.3. The van der Waals surface area contributed by atoms with Crippen LogP contribution in [0.2, 0.25) is 0 Å². The molecule has 2 rings (SSSR count). The molecule has 0 atom stereocenters. The van der Waals surface area contributed by atoms with Crippen LogP contribution in [0.5, 0.6) is 0 Å². The molecule has 0 aromatic heterocycles. The van der Waals surface area contributed by atoms with Crippen molar-refractivity contribution < 1.29 is 0 Å². The Balaban J connectivity index is 2.03. The van der Waals surface area contributed by atoms with E-state index in [-0.39, 0.29) is 0 Å². The lowest BCUT2D eigenvalue weighted by Crippen LogP contribution is -2.26. The molecule has 1 fully saturated rings. The number of anilines is 1. The Labute approximate surface area is 130 Å². The first-order valence-corrected chi connectivity index (χ1v) is 8.69. The lowest BCUT2D eigenvalue weighted by molar-refractivity contribution is 0.301. The van der Waals surface area contributed by atoms with E-state index in [1.807, 2.05) is 0 Å². The number of rotatable bonds is 7. The zero-order valence-electron chi connectivity index (χ0n) is 14.3. The zero-order valence-corrected chi connectivity index (χ0v) is 14.3. The summed E-state index contributed by atoms with van der Waals surface area (Å²) in [6.07, 6.45) is 5.15. The Bertz CT molecular complexity index is 449. The maximum atomic E-state index is 3.50. The second-order valence-electron chi connectivity index (χ2n) is 6.67. The molecule has 0 unspecified atom stereocenters. The molecule has 0 bridgehead atoms. The Morgan fingerprint density at radius 2 is 1.95 bits per heavy atom. The SMILES string of the molecule is CCCNCc1ccc(N2CCC(CC)(CC)C2)cc1C. The van der Waals surface area contributed by atoms with Gasteiger partial charge in [0.1, 0.15) is 0 Å². The van der Waals surface area contributed by atoms with Crippen LogP contribution in [0.3, 0.4) is 0 Å². The van der Waals surface area contributed by atoms with Crippen molar-refractivity contribution >= 4 is 5.69 Å². The lowest BCUT2D eigenvalue weighted by atomic mass is 9.82. The molecule has 0 spiro atoms. The van der Waals surface area contributed by atoms with Gasteiger partial charge in [0, 0.05) is 25.3 Å².